The molecule has 1 saturated carbocycles. The van der Waals surface area contributed by atoms with Gasteiger partial charge >= 0.3 is 0 Å². The molecule has 1 unspecified atom stereocenters. The van der Waals surface area contributed by atoms with E-state index in [-0.39, 0.29) is 0 Å². The van der Waals surface area contributed by atoms with E-state index in [9.17, 15) is 4.39 Å². The Kier molecular flexibility index (Phi) is 3.68. The largest absolute Gasteiger partial charge is 0.367 e. The van der Waals surface area contributed by atoms with Crippen LogP contribution in [0, 0.1) is 17.2 Å². The Bertz CT molecular complexity index is 419. The summed E-state index contributed by atoms with van der Waals surface area (Å²) in [5.74, 6) is 0.997. The van der Waals surface area contributed by atoms with Crippen LogP contribution in [-0.2, 0) is 0 Å². The van der Waals surface area contributed by atoms with Gasteiger partial charge in [0.2, 0.25) is 5.95 Å². The molecule has 2 rings (SSSR count). The number of nitrogens with zero attached hydrogens (tertiary/aromatic N) is 2. The number of hydrogen-bond donors (Lipinski definition) is 2. The Labute approximate surface area is 107 Å². The first kappa shape index (κ1) is 13.1. The molecule has 4 nitrogen and oxygen atoms in total. The fourth-order valence-corrected chi connectivity index (χ4v) is 1.96. The van der Waals surface area contributed by atoms with Crippen LogP contribution >= 0.6 is 0 Å². The van der Waals surface area contributed by atoms with Crippen LogP contribution in [0.5, 0.6) is 0 Å². The van der Waals surface area contributed by atoms with Crippen LogP contribution in [0.15, 0.2) is 6.20 Å². The second-order valence-corrected chi connectivity index (χ2v) is 5.59. The molecular weight excluding hydrogens is 231 g/mol. The molecule has 1 aliphatic rings. The zero-order valence-corrected chi connectivity index (χ0v) is 11.3. The monoisotopic (exact) mass is 252 g/mol. The predicted molar refractivity (Wildman–Crippen MR) is 71.1 cm³/mol. The predicted octanol–water partition coefficient (Wildman–Crippen LogP) is 2.90. The number of hydrogen-bond acceptors (Lipinski definition) is 4. The van der Waals surface area contributed by atoms with Gasteiger partial charge in [-0.3, -0.25) is 0 Å². The summed E-state index contributed by atoms with van der Waals surface area (Å²) in [4.78, 5) is 8.06. The summed E-state index contributed by atoms with van der Waals surface area (Å²) in [6, 6.07) is 0. The van der Waals surface area contributed by atoms with Gasteiger partial charge in [0, 0.05) is 13.1 Å². The van der Waals surface area contributed by atoms with Crippen molar-refractivity contribution in [1.29, 1.82) is 0 Å². The molecule has 0 saturated heterocycles. The lowest BCUT2D eigenvalue weighted by molar-refractivity contribution is 0.569. The van der Waals surface area contributed by atoms with E-state index in [4.69, 9.17) is 0 Å². The van der Waals surface area contributed by atoms with E-state index in [2.05, 4.69) is 41.4 Å². The lowest BCUT2D eigenvalue weighted by Gasteiger charge is -2.09. The summed E-state index contributed by atoms with van der Waals surface area (Å²) in [5, 5.41) is 6.13. The van der Waals surface area contributed by atoms with E-state index in [1.54, 1.807) is 0 Å². The number of halogens is 1. The van der Waals surface area contributed by atoms with Crippen molar-refractivity contribution < 1.29 is 4.39 Å². The SMILES string of the molecule is CCCNc1ncc(F)c(NCC2CC2(C)C)n1. The fraction of sp³-hybridized carbons (Fsp3) is 0.692. The van der Waals surface area contributed by atoms with Crippen LogP contribution in [0.1, 0.15) is 33.6 Å². The molecule has 0 aliphatic heterocycles. The Hall–Kier alpha value is -1.39. The zero-order chi connectivity index (χ0) is 13.2. The van der Waals surface area contributed by atoms with Gasteiger partial charge in [0.25, 0.3) is 0 Å². The van der Waals surface area contributed by atoms with Crippen LogP contribution in [0.3, 0.4) is 0 Å². The summed E-state index contributed by atoms with van der Waals surface area (Å²) >= 11 is 0. The molecule has 1 atom stereocenters. The molecule has 2 N–H and O–H groups in total. The minimum absolute atomic E-state index is 0.298. The molecule has 1 fully saturated rings. The minimum Gasteiger partial charge on any atom is -0.367 e. The number of nitrogens with one attached hydrogen (secondary N) is 2. The maximum absolute atomic E-state index is 13.5. The van der Waals surface area contributed by atoms with Gasteiger partial charge in [-0.1, -0.05) is 20.8 Å². The topological polar surface area (TPSA) is 49.8 Å². The molecule has 1 heterocycles. The second kappa shape index (κ2) is 5.08. The van der Waals surface area contributed by atoms with Crippen molar-refractivity contribution in [1.82, 2.24) is 9.97 Å². The van der Waals surface area contributed by atoms with Crippen molar-refractivity contribution in [2.75, 3.05) is 23.7 Å². The molecule has 18 heavy (non-hydrogen) atoms. The standard InChI is InChI=1S/C13H21FN4/c1-4-5-15-12-17-8-10(14)11(18-12)16-7-9-6-13(9,2)3/h8-9H,4-7H2,1-3H3,(H2,15,16,17,18). The van der Waals surface area contributed by atoms with E-state index >= 15 is 0 Å². The molecule has 1 aromatic rings. The molecular formula is C13H21FN4. The van der Waals surface area contributed by atoms with E-state index in [0.717, 1.165) is 19.5 Å². The van der Waals surface area contributed by atoms with E-state index in [1.165, 1.54) is 12.6 Å². The molecule has 0 aromatic carbocycles. The molecule has 0 amide bonds. The molecule has 1 aromatic heterocycles. The Morgan fingerprint density at radius 2 is 2.17 bits per heavy atom. The van der Waals surface area contributed by atoms with Crippen molar-refractivity contribution in [2.24, 2.45) is 11.3 Å². The van der Waals surface area contributed by atoms with Gasteiger partial charge in [0.05, 0.1) is 6.20 Å². The van der Waals surface area contributed by atoms with Crippen LogP contribution in [0.4, 0.5) is 16.2 Å². The molecule has 1 aliphatic carbocycles. The van der Waals surface area contributed by atoms with Gasteiger partial charge in [-0.15, -0.1) is 0 Å². The average molecular weight is 252 g/mol. The van der Waals surface area contributed by atoms with Gasteiger partial charge in [-0.25, -0.2) is 9.37 Å². The lowest BCUT2D eigenvalue weighted by Crippen LogP contribution is -2.12. The molecule has 0 spiro atoms. The summed E-state index contributed by atoms with van der Waals surface area (Å²) < 4.78 is 13.5. The first-order chi connectivity index (χ1) is 8.53. The number of anilines is 2. The molecule has 0 bridgehead atoms. The van der Waals surface area contributed by atoms with Crippen molar-refractivity contribution in [3.05, 3.63) is 12.0 Å². The van der Waals surface area contributed by atoms with Crippen LogP contribution in [0.2, 0.25) is 0 Å². The maximum Gasteiger partial charge on any atom is 0.224 e. The zero-order valence-electron chi connectivity index (χ0n) is 11.3. The summed E-state index contributed by atoms with van der Waals surface area (Å²) in [7, 11) is 0. The lowest BCUT2D eigenvalue weighted by atomic mass is 10.1. The van der Waals surface area contributed by atoms with Gasteiger partial charge in [0.1, 0.15) is 0 Å². The third kappa shape index (κ3) is 3.09. The summed E-state index contributed by atoms with van der Waals surface area (Å²) in [6.07, 6.45) is 3.39. The van der Waals surface area contributed by atoms with Gasteiger partial charge in [-0.05, 0) is 24.2 Å². The maximum atomic E-state index is 13.5. The number of rotatable bonds is 6. The molecule has 5 heteroatoms. The Morgan fingerprint density at radius 1 is 1.44 bits per heavy atom. The molecule has 0 radical (unpaired) electrons. The van der Waals surface area contributed by atoms with Crippen LogP contribution < -0.4 is 10.6 Å². The average Bonchev–Trinajstić information content (AvgIpc) is 2.94. The first-order valence-corrected chi connectivity index (χ1v) is 6.53. The van der Waals surface area contributed by atoms with E-state index in [0.29, 0.717) is 23.1 Å². The van der Waals surface area contributed by atoms with Crippen LogP contribution in [-0.4, -0.2) is 23.1 Å². The highest BCUT2D eigenvalue weighted by molar-refractivity contribution is 5.41. The first-order valence-electron chi connectivity index (χ1n) is 6.53. The Balaban J connectivity index is 1.94. The van der Waals surface area contributed by atoms with Gasteiger partial charge < -0.3 is 10.6 Å². The number of aromatic nitrogens is 2. The van der Waals surface area contributed by atoms with Gasteiger partial charge in [-0.2, -0.15) is 4.98 Å². The van der Waals surface area contributed by atoms with Crippen molar-refractivity contribution in [3.8, 4) is 0 Å². The third-order valence-corrected chi connectivity index (χ3v) is 3.51. The normalized spacial score (nSPS) is 20.6. The van der Waals surface area contributed by atoms with Crippen LogP contribution in [0.25, 0.3) is 0 Å². The highest BCUT2D eigenvalue weighted by Gasteiger charge is 2.45. The van der Waals surface area contributed by atoms with Gasteiger partial charge in [0.15, 0.2) is 11.6 Å². The smallest absolute Gasteiger partial charge is 0.224 e. The van der Waals surface area contributed by atoms with Crippen molar-refractivity contribution >= 4 is 11.8 Å². The highest BCUT2D eigenvalue weighted by atomic mass is 19.1. The van der Waals surface area contributed by atoms with Crippen molar-refractivity contribution in [3.63, 3.8) is 0 Å². The quantitative estimate of drug-likeness (QED) is 0.817. The third-order valence-electron chi connectivity index (χ3n) is 3.51. The highest BCUT2D eigenvalue weighted by Crippen LogP contribution is 2.51. The van der Waals surface area contributed by atoms with E-state index in [1.807, 2.05) is 0 Å². The minimum atomic E-state index is -0.393. The van der Waals surface area contributed by atoms with E-state index < -0.39 is 5.82 Å². The second-order valence-electron chi connectivity index (χ2n) is 5.59. The molecule has 100 valence electrons. The summed E-state index contributed by atoms with van der Waals surface area (Å²) in [6.45, 7) is 8.08. The summed E-state index contributed by atoms with van der Waals surface area (Å²) in [5.41, 5.74) is 0.389. The fourth-order valence-electron chi connectivity index (χ4n) is 1.96. The van der Waals surface area contributed by atoms with Crippen molar-refractivity contribution in [2.45, 2.75) is 33.6 Å². The Morgan fingerprint density at radius 3 is 2.78 bits per heavy atom.